The van der Waals surface area contributed by atoms with E-state index in [0.29, 0.717) is 6.20 Å². The molecule has 0 saturated heterocycles. The van der Waals surface area contributed by atoms with Crippen molar-refractivity contribution in [1.29, 1.82) is 0 Å². The summed E-state index contributed by atoms with van der Waals surface area (Å²) in [5.41, 5.74) is 3.62. The van der Waals surface area contributed by atoms with Crippen molar-refractivity contribution in [2.24, 2.45) is 0 Å². The van der Waals surface area contributed by atoms with E-state index in [-0.39, 0.29) is 5.56 Å². The highest BCUT2D eigenvalue weighted by Gasteiger charge is 2.18. The molecule has 0 fully saturated rings. The number of nitrogens with two attached hydrogens (primary N) is 1. The SMILES string of the molecule is Nc1c(C(F)F)ncc(F)c1CO. The fourth-order valence-corrected chi connectivity index (χ4v) is 0.892. The maximum absolute atomic E-state index is 12.7. The molecule has 6 heteroatoms. The van der Waals surface area contributed by atoms with E-state index in [0.717, 1.165) is 0 Å². The number of pyridine rings is 1. The molecule has 0 aliphatic heterocycles. The van der Waals surface area contributed by atoms with Crippen LogP contribution >= 0.6 is 0 Å². The number of alkyl halides is 2. The fourth-order valence-electron chi connectivity index (χ4n) is 0.892. The molecule has 1 heterocycles. The number of hydrogen-bond acceptors (Lipinski definition) is 3. The minimum absolute atomic E-state index is 0.342. The van der Waals surface area contributed by atoms with Gasteiger partial charge in [-0.1, -0.05) is 0 Å². The Morgan fingerprint density at radius 2 is 2.15 bits per heavy atom. The second kappa shape index (κ2) is 3.61. The molecule has 1 aromatic rings. The molecule has 0 spiro atoms. The van der Waals surface area contributed by atoms with E-state index < -0.39 is 30.2 Å². The van der Waals surface area contributed by atoms with Crippen molar-refractivity contribution in [3.8, 4) is 0 Å². The Bertz CT molecular complexity index is 317. The zero-order valence-electron chi connectivity index (χ0n) is 6.47. The van der Waals surface area contributed by atoms with Crippen molar-refractivity contribution in [1.82, 2.24) is 4.98 Å². The summed E-state index contributed by atoms with van der Waals surface area (Å²) >= 11 is 0. The normalized spacial score (nSPS) is 10.8. The number of aliphatic hydroxyl groups is 1. The van der Waals surface area contributed by atoms with E-state index in [2.05, 4.69) is 4.98 Å². The largest absolute Gasteiger partial charge is 0.397 e. The van der Waals surface area contributed by atoms with Crippen molar-refractivity contribution in [2.45, 2.75) is 13.0 Å². The molecule has 1 rings (SSSR count). The summed E-state index contributed by atoms with van der Waals surface area (Å²) in [6.07, 6.45) is -2.26. The number of hydrogen-bond donors (Lipinski definition) is 2. The minimum atomic E-state index is -2.87. The molecule has 1 aromatic heterocycles. The minimum Gasteiger partial charge on any atom is -0.397 e. The number of nitrogen functional groups attached to an aromatic ring is 1. The Balaban J connectivity index is 3.27. The zero-order valence-corrected chi connectivity index (χ0v) is 6.47. The number of rotatable bonds is 2. The number of aromatic nitrogens is 1. The van der Waals surface area contributed by atoms with Crippen molar-refractivity contribution in [3.63, 3.8) is 0 Å². The van der Waals surface area contributed by atoms with Gasteiger partial charge in [0.05, 0.1) is 18.5 Å². The van der Waals surface area contributed by atoms with E-state index in [1.165, 1.54) is 0 Å². The second-order valence-corrected chi connectivity index (χ2v) is 2.34. The van der Waals surface area contributed by atoms with Crippen LogP contribution in [0.25, 0.3) is 0 Å². The molecule has 0 saturated carbocycles. The van der Waals surface area contributed by atoms with Gasteiger partial charge in [0.25, 0.3) is 6.43 Å². The van der Waals surface area contributed by atoms with Crippen LogP contribution in [0.5, 0.6) is 0 Å². The lowest BCUT2D eigenvalue weighted by molar-refractivity contribution is 0.146. The monoisotopic (exact) mass is 192 g/mol. The maximum Gasteiger partial charge on any atom is 0.282 e. The first kappa shape index (κ1) is 9.79. The molecule has 3 N–H and O–H groups in total. The number of halogens is 3. The predicted molar refractivity (Wildman–Crippen MR) is 39.5 cm³/mol. The average Bonchev–Trinajstić information content (AvgIpc) is 2.04. The standard InChI is InChI=1S/C7H7F3N2O/c8-4-1-12-6(7(9)10)5(11)3(4)2-13/h1,7,13H,2,11H2. The molecule has 13 heavy (non-hydrogen) atoms. The summed E-state index contributed by atoms with van der Waals surface area (Å²) in [6.45, 7) is -0.722. The molecule has 0 atom stereocenters. The molecular weight excluding hydrogens is 185 g/mol. The lowest BCUT2D eigenvalue weighted by atomic mass is 10.2. The van der Waals surface area contributed by atoms with Gasteiger partial charge < -0.3 is 10.8 Å². The summed E-state index contributed by atoms with van der Waals surface area (Å²) < 4.78 is 37.0. The van der Waals surface area contributed by atoms with Crippen LogP contribution in [0.4, 0.5) is 18.9 Å². The van der Waals surface area contributed by atoms with Gasteiger partial charge in [0.1, 0.15) is 11.5 Å². The van der Waals surface area contributed by atoms with Gasteiger partial charge in [-0.3, -0.25) is 4.98 Å². The van der Waals surface area contributed by atoms with Crippen LogP contribution in [0, 0.1) is 5.82 Å². The highest BCUT2D eigenvalue weighted by atomic mass is 19.3. The Morgan fingerprint density at radius 1 is 1.54 bits per heavy atom. The number of aliphatic hydroxyl groups excluding tert-OH is 1. The number of anilines is 1. The van der Waals surface area contributed by atoms with Crippen LogP contribution in [0.2, 0.25) is 0 Å². The van der Waals surface area contributed by atoms with Crippen molar-refractivity contribution >= 4 is 5.69 Å². The molecule has 0 aliphatic carbocycles. The molecule has 0 aliphatic rings. The van der Waals surface area contributed by atoms with E-state index in [1.54, 1.807) is 0 Å². The third kappa shape index (κ3) is 1.72. The van der Waals surface area contributed by atoms with Crippen molar-refractivity contribution < 1.29 is 18.3 Å². The first-order valence-electron chi connectivity index (χ1n) is 3.39. The molecule has 0 bridgehead atoms. The van der Waals surface area contributed by atoms with Crippen LogP contribution in [0.3, 0.4) is 0 Å². The van der Waals surface area contributed by atoms with Gasteiger partial charge in [-0.15, -0.1) is 0 Å². The van der Waals surface area contributed by atoms with Crippen LogP contribution in [0.1, 0.15) is 17.7 Å². The Labute approximate surface area is 72.0 Å². The van der Waals surface area contributed by atoms with Gasteiger partial charge in [0.15, 0.2) is 0 Å². The van der Waals surface area contributed by atoms with Gasteiger partial charge in [-0.2, -0.15) is 0 Å². The highest BCUT2D eigenvalue weighted by molar-refractivity contribution is 5.51. The molecular formula is C7H7F3N2O. The molecule has 3 nitrogen and oxygen atoms in total. The Morgan fingerprint density at radius 3 is 2.62 bits per heavy atom. The topological polar surface area (TPSA) is 59.1 Å². The molecule has 0 amide bonds. The highest BCUT2D eigenvalue weighted by Crippen LogP contribution is 2.26. The molecule has 72 valence electrons. The van der Waals surface area contributed by atoms with E-state index in [4.69, 9.17) is 10.8 Å². The molecule has 0 radical (unpaired) electrons. The first-order valence-corrected chi connectivity index (χ1v) is 3.39. The fraction of sp³-hybridized carbons (Fsp3) is 0.286. The summed E-state index contributed by atoms with van der Waals surface area (Å²) in [5.74, 6) is -0.885. The van der Waals surface area contributed by atoms with Crippen LogP contribution in [-0.4, -0.2) is 10.1 Å². The van der Waals surface area contributed by atoms with E-state index in [1.807, 2.05) is 0 Å². The predicted octanol–water partition coefficient (Wildman–Crippen LogP) is 1.23. The molecule has 0 unspecified atom stereocenters. The van der Waals surface area contributed by atoms with Gasteiger partial charge in [0.2, 0.25) is 0 Å². The quantitative estimate of drug-likeness (QED) is 0.740. The van der Waals surface area contributed by atoms with Gasteiger partial charge in [-0.25, -0.2) is 13.2 Å². The van der Waals surface area contributed by atoms with Crippen molar-refractivity contribution in [2.75, 3.05) is 5.73 Å². The summed E-state index contributed by atoms with van der Waals surface area (Å²) in [7, 11) is 0. The first-order chi connectivity index (χ1) is 6.07. The summed E-state index contributed by atoms with van der Waals surface area (Å²) in [4.78, 5) is 3.12. The summed E-state index contributed by atoms with van der Waals surface area (Å²) in [5, 5.41) is 8.61. The van der Waals surface area contributed by atoms with E-state index in [9.17, 15) is 13.2 Å². The van der Waals surface area contributed by atoms with Crippen LogP contribution in [0.15, 0.2) is 6.20 Å². The second-order valence-electron chi connectivity index (χ2n) is 2.34. The zero-order chi connectivity index (χ0) is 10.0. The van der Waals surface area contributed by atoms with Crippen LogP contribution < -0.4 is 5.73 Å². The van der Waals surface area contributed by atoms with Crippen molar-refractivity contribution in [3.05, 3.63) is 23.3 Å². The maximum atomic E-state index is 12.7. The lowest BCUT2D eigenvalue weighted by Gasteiger charge is -2.07. The van der Waals surface area contributed by atoms with E-state index >= 15 is 0 Å². The Hall–Kier alpha value is -1.30. The van der Waals surface area contributed by atoms with Gasteiger partial charge in [0, 0.05) is 5.56 Å². The van der Waals surface area contributed by atoms with Crippen LogP contribution in [-0.2, 0) is 6.61 Å². The molecule has 0 aromatic carbocycles. The number of nitrogens with zero attached hydrogens (tertiary/aromatic N) is 1. The smallest absolute Gasteiger partial charge is 0.282 e. The average molecular weight is 192 g/mol. The van der Waals surface area contributed by atoms with Gasteiger partial charge >= 0.3 is 0 Å². The lowest BCUT2D eigenvalue weighted by Crippen LogP contribution is -2.05. The Kier molecular flexibility index (Phi) is 2.72. The van der Waals surface area contributed by atoms with Gasteiger partial charge in [-0.05, 0) is 0 Å². The summed E-state index contributed by atoms with van der Waals surface area (Å²) in [6, 6.07) is 0. The third-order valence-electron chi connectivity index (χ3n) is 1.57. The third-order valence-corrected chi connectivity index (χ3v) is 1.57.